The fourth-order valence-corrected chi connectivity index (χ4v) is 7.12. The van der Waals surface area contributed by atoms with Crippen LogP contribution in [0.15, 0.2) is 40.7 Å². The summed E-state index contributed by atoms with van der Waals surface area (Å²) < 4.78 is 3.10. The third-order valence-electron chi connectivity index (χ3n) is 2.73. The Kier molecular flexibility index (Phi) is 2.08. The van der Waals surface area contributed by atoms with Crippen molar-refractivity contribution in [1.29, 1.82) is 0 Å². The second-order valence-corrected chi connectivity index (χ2v) is 17.4. The van der Waals surface area contributed by atoms with E-state index >= 15 is 0 Å². The summed E-state index contributed by atoms with van der Waals surface area (Å²) in [6.07, 6.45) is 9.94. The predicted octanol–water partition coefficient (Wildman–Crippen LogP) is 3.32. The van der Waals surface area contributed by atoms with Crippen molar-refractivity contribution in [2.45, 2.75) is 23.0 Å². The van der Waals surface area contributed by atoms with Gasteiger partial charge in [0.15, 0.2) is 0 Å². The van der Waals surface area contributed by atoms with Gasteiger partial charge in [-0.1, -0.05) is 0 Å². The molecule has 0 aromatic carbocycles. The molecule has 1 heterocycles. The van der Waals surface area contributed by atoms with Crippen LogP contribution in [0.1, 0.15) is 6.42 Å². The Morgan fingerprint density at radius 2 is 2.07 bits per heavy atom. The third-order valence-corrected chi connectivity index (χ3v) is 11.1. The van der Waals surface area contributed by atoms with Crippen LogP contribution in [0.4, 0.5) is 0 Å². The first-order valence-electron chi connectivity index (χ1n) is 4.63. The van der Waals surface area contributed by atoms with E-state index in [1.807, 2.05) is 6.20 Å². The molecule has 1 aliphatic carbocycles. The van der Waals surface area contributed by atoms with Gasteiger partial charge in [-0.15, -0.1) is 0 Å². The van der Waals surface area contributed by atoms with Crippen LogP contribution in [0.3, 0.4) is 0 Å². The number of H-pyrrole nitrogens is 1. The molecule has 1 aromatic rings. The second-order valence-electron chi connectivity index (χ2n) is 4.44. The molecule has 1 N–H and O–H groups in total. The van der Waals surface area contributed by atoms with Gasteiger partial charge in [-0.05, 0) is 0 Å². The summed E-state index contributed by atoms with van der Waals surface area (Å²) in [5.74, 6) is 0. The molecule has 0 amide bonds. The van der Waals surface area contributed by atoms with Crippen LogP contribution in [0.2, 0.25) is 16.6 Å². The number of rotatable bonds is 2. The Bertz CT molecular complexity index is 388. The summed E-state index contributed by atoms with van der Waals surface area (Å²) in [4.78, 5) is 3.41. The number of allylic oxidation sites excluding steroid dienone is 4. The molecule has 1 aliphatic rings. The summed E-state index contributed by atoms with van der Waals surface area (Å²) >= 11 is -2.38. The van der Waals surface area contributed by atoms with E-state index in [-0.39, 0.29) is 0 Å². The van der Waals surface area contributed by atoms with Crippen molar-refractivity contribution in [3.63, 3.8) is 0 Å². The normalized spacial score (nSPS) is 19.1. The van der Waals surface area contributed by atoms with E-state index in [4.69, 9.17) is 0 Å². The Hall–Kier alpha value is -0.617. The summed E-state index contributed by atoms with van der Waals surface area (Å²) in [6.45, 7) is 0. The predicted molar refractivity (Wildman–Crippen MR) is 59.9 cm³/mol. The Morgan fingerprint density at radius 1 is 1.29 bits per heavy atom. The van der Waals surface area contributed by atoms with Gasteiger partial charge >= 0.3 is 86.6 Å². The molecule has 0 unspecified atom stereocenters. The average Bonchev–Trinajstić information content (AvgIpc) is 2.78. The van der Waals surface area contributed by atoms with Crippen molar-refractivity contribution in [1.82, 2.24) is 4.98 Å². The van der Waals surface area contributed by atoms with E-state index < -0.39 is 13.6 Å². The van der Waals surface area contributed by atoms with Crippen LogP contribution in [0.25, 0.3) is 0 Å². The van der Waals surface area contributed by atoms with Crippen LogP contribution >= 0.6 is 0 Å². The summed E-state index contributed by atoms with van der Waals surface area (Å²) in [5, 5.41) is 0. The van der Waals surface area contributed by atoms with E-state index in [1.165, 1.54) is 4.29 Å². The van der Waals surface area contributed by atoms with Gasteiger partial charge in [0.25, 0.3) is 0 Å². The monoisotopic (exact) mass is 278 g/mol. The summed E-state index contributed by atoms with van der Waals surface area (Å²) in [5.41, 5.74) is 7.38. The van der Waals surface area contributed by atoms with Gasteiger partial charge in [0.05, 0.1) is 0 Å². The quantitative estimate of drug-likeness (QED) is 0.798. The summed E-state index contributed by atoms with van der Waals surface area (Å²) in [6, 6.07) is 4.35. The van der Waals surface area contributed by atoms with Crippen LogP contribution in [0.5, 0.6) is 0 Å². The van der Waals surface area contributed by atoms with Crippen molar-refractivity contribution in [3.05, 3.63) is 40.7 Å². The topological polar surface area (TPSA) is 15.8 Å². The molecule has 2 heteroatoms. The number of nitrogens with one attached hydrogen (secondary N) is 1. The van der Waals surface area contributed by atoms with Gasteiger partial charge in [-0.25, -0.2) is 0 Å². The SMILES string of the molecule is [CH3][Ru]([CH3])([CH3])([C]1=CC=CC1)[c]1ccc[nH]1. The van der Waals surface area contributed by atoms with Gasteiger partial charge < -0.3 is 0 Å². The standard InChI is InChI=1S/C5H5.C4H4N.3CH3.Ru/c2*1-2-4-5-3-1;;;;/h1-3H,4H2;1-3,5H;3*1H3;. The first kappa shape index (κ1) is 9.92. The molecule has 0 bridgehead atoms. The molecule has 0 saturated heterocycles. The fourth-order valence-electron chi connectivity index (χ4n) is 1.69. The van der Waals surface area contributed by atoms with Crippen LogP contribution in [0, 0.1) is 0 Å². The number of aromatic amines is 1. The molecule has 0 saturated carbocycles. The van der Waals surface area contributed by atoms with E-state index in [1.54, 1.807) is 4.17 Å². The molecule has 0 atom stereocenters. The van der Waals surface area contributed by atoms with E-state index in [0.717, 1.165) is 6.42 Å². The van der Waals surface area contributed by atoms with Crippen molar-refractivity contribution < 1.29 is 13.6 Å². The second kappa shape index (κ2) is 2.93. The minimum absolute atomic E-state index is 1.15. The van der Waals surface area contributed by atoms with Gasteiger partial charge in [0.2, 0.25) is 0 Å². The van der Waals surface area contributed by atoms with E-state index in [9.17, 15) is 0 Å². The average molecular weight is 277 g/mol. The number of hydrogen-bond donors (Lipinski definition) is 1. The molecule has 0 fully saturated rings. The molecule has 14 heavy (non-hydrogen) atoms. The maximum absolute atomic E-state index is 3.41. The molecule has 0 radical (unpaired) electrons. The fraction of sp³-hybridized carbons (Fsp3) is 0.333. The molecule has 0 aliphatic heterocycles. The molecule has 2 rings (SSSR count). The first-order valence-corrected chi connectivity index (χ1v) is 11.6. The zero-order valence-electron chi connectivity index (χ0n) is 9.02. The molecular formula is C12H18NRu. The third kappa shape index (κ3) is 1.42. The van der Waals surface area contributed by atoms with Crippen molar-refractivity contribution >= 4 is 4.29 Å². The van der Waals surface area contributed by atoms with Gasteiger partial charge in [-0.2, -0.15) is 0 Å². The maximum atomic E-state index is 3.41. The Balaban J connectivity index is 2.47. The van der Waals surface area contributed by atoms with Crippen LogP contribution in [-0.4, -0.2) is 4.98 Å². The Labute approximate surface area is 86.7 Å². The molecule has 1 nitrogen and oxygen atoms in total. The molecule has 1 aromatic heterocycles. The van der Waals surface area contributed by atoms with Crippen molar-refractivity contribution in [3.8, 4) is 0 Å². The first-order chi connectivity index (χ1) is 6.49. The van der Waals surface area contributed by atoms with E-state index in [2.05, 4.69) is 51.9 Å². The zero-order chi connectivity index (χ0) is 10.3. The molecule has 0 spiro atoms. The van der Waals surface area contributed by atoms with Gasteiger partial charge in [-0.3, -0.25) is 0 Å². The van der Waals surface area contributed by atoms with Gasteiger partial charge in [0.1, 0.15) is 0 Å². The number of hydrogen-bond acceptors (Lipinski definition) is 0. The van der Waals surface area contributed by atoms with Crippen LogP contribution < -0.4 is 4.29 Å². The minimum atomic E-state index is -2.38. The summed E-state index contributed by atoms with van der Waals surface area (Å²) in [7, 11) is 0. The van der Waals surface area contributed by atoms with Crippen molar-refractivity contribution in [2.75, 3.05) is 0 Å². The van der Waals surface area contributed by atoms with E-state index in [0.29, 0.717) is 0 Å². The number of aromatic nitrogens is 1. The Morgan fingerprint density at radius 3 is 2.57 bits per heavy atom. The van der Waals surface area contributed by atoms with Gasteiger partial charge in [0, 0.05) is 0 Å². The van der Waals surface area contributed by atoms with Crippen molar-refractivity contribution in [2.24, 2.45) is 0 Å². The van der Waals surface area contributed by atoms with Crippen LogP contribution in [-0.2, 0) is 13.6 Å². The molecular weight excluding hydrogens is 259 g/mol. The zero-order valence-corrected chi connectivity index (χ0v) is 10.8. The molecule has 79 valence electrons.